The molecule has 0 radical (unpaired) electrons. The predicted molar refractivity (Wildman–Crippen MR) is 82.6 cm³/mol. The Morgan fingerprint density at radius 1 is 1.11 bits per heavy atom. The summed E-state index contributed by atoms with van der Waals surface area (Å²) in [5.74, 6) is 0. The Morgan fingerprint density at radius 3 is 2.68 bits per heavy atom. The first kappa shape index (κ1) is 15.3. The molecule has 112 valence electrons. The van der Waals surface area contributed by atoms with Crippen molar-refractivity contribution in [3.05, 3.63) is 0 Å². The van der Waals surface area contributed by atoms with Crippen molar-refractivity contribution in [3.63, 3.8) is 0 Å². The molecule has 2 aliphatic rings. The van der Waals surface area contributed by atoms with Gasteiger partial charge in [-0.25, -0.2) is 0 Å². The molecular weight excluding hydrogens is 234 g/mol. The molecule has 0 amide bonds. The van der Waals surface area contributed by atoms with Crippen LogP contribution in [0.3, 0.4) is 0 Å². The van der Waals surface area contributed by atoms with Gasteiger partial charge in [0.05, 0.1) is 0 Å². The average Bonchev–Trinajstić information content (AvgIpc) is 2.82. The minimum atomic E-state index is 0.759. The Morgan fingerprint density at radius 2 is 2.00 bits per heavy atom. The van der Waals surface area contributed by atoms with Crippen molar-refractivity contribution in [1.29, 1.82) is 0 Å². The van der Waals surface area contributed by atoms with Crippen LogP contribution in [0.1, 0.15) is 52.4 Å². The van der Waals surface area contributed by atoms with Gasteiger partial charge in [-0.3, -0.25) is 4.90 Å². The summed E-state index contributed by atoms with van der Waals surface area (Å²) in [4.78, 5) is 5.42. The quantitative estimate of drug-likeness (QED) is 0.797. The van der Waals surface area contributed by atoms with E-state index in [-0.39, 0.29) is 0 Å². The van der Waals surface area contributed by atoms with Crippen molar-refractivity contribution in [2.75, 3.05) is 39.3 Å². The van der Waals surface area contributed by atoms with Crippen LogP contribution in [0.15, 0.2) is 0 Å². The smallest absolute Gasteiger partial charge is 0.0195 e. The lowest BCUT2D eigenvalue weighted by atomic mass is 10.1. The maximum Gasteiger partial charge on any atom is 0.0195 e. The highest BCUT2D eigenvalue weighted by atomic mass is 15.2. The Kier molecular flexibility index (Phi) is 6.62. The summed E-state index contributed by atoms with van der Waals surface area (Å²) < 4.78 is 0. The van der Waals surface area contributed by atoms with E-state index in [9.17, 15) is 0 Å². The number of hydrogen-bond acceptors (Lipinski definition) is 3. The largest absolute Gasteiger partial charge is 0.313 e. The zero-order chi connectivity index (χ0) is 13.5. The van der Waals surface area contributed by atoms with Gasteiger partial charge in [0.2, 0.25) is 0 Å². The monoisotopic (exact) mass is 267 g/mol. The molecule has 3 nitrogen and oxygen atoms in total. The van der Waals surface area contributed by atoms with E-state index < -0.39 is 0 Å². The Hall–Kier alpha value is -0.120. The van der Waals surface area contributed by atoms with E-state index in [1.54, 1.807) is 0 Å². The molecule has 0 aliphatic carbocycles. The van der Waals surface area contributed by atoms with Gasteiger partial charge in [0.1, 0.15) is 0 Å². The first-order valence-electron chi connectivity index (χ1n) is 8.53. The lowest BCUT2D eigenvalue weighted by Crippen LogP contribution is -2.43. The van der Waals surface area contributed by atoms with Crippen LogP contribution >= 0.6 is 0 Å². The second kappa shape index (κ2) is 8.23. The normalized spacial score (nSPS) is 29.8. The zero-order valence-electron chi connectivity index (χ0n) is 13.0. The molecule has 2 saturated heterocycles. The third-order valence-corrected chi connectivity index (χ3v) is 4.87. The van der Waals surface area contributed by atoms with Gasteiger partial charge in [-0.05, 0) is 71.2 Å². The Labute approximate surface area is 119 Å². The lowest BCUT2D eigenvalue weighted by Gasteiger charge is -2.32. The van der Waals surface area contributed by atoms with Crippen molar-refractivity contribution in [2.24, 2.45) is 0 Å². The second-order valence-corrected chi connectivity index (χ2v) is 6.31. The molecule has 2 aliphatic heterocycles. The van der Waals surface area contributed by atoms with Gasteiger partial charge in [-0.2, -0.15) is 0 Å². The maximum absolute atomic E-state index is 3.65. The molecule has 2 heterocycles. The van der Waals surface area contributed by atoms with E-state index in [1.165, 1.54) is 77.8 Å². The molecular formula is C16H33N3. The highest BCUT2D eigenvalue weighted by Gasteiger charge is 2.24. The van der Waals surface area contributed by atoms with Crippen molar-refractivity contribution in [2.45, 2.75) is 64.5 Å². The first-order valence-corrected chi connectivity index (χ1v) is 8.53. The molecule has 1 N–H and O–H groups in total. The van der Waals surface area contributed by atoms with Gasteiger partial charge in [0.25, 0.3) is 0 Å². The van der Waals surface area contributed by atoms with Crippen LogP contribution in [-0.4, -0.2) is 61.2 Å². The van der Waals surface area contributed by atoms with Crippen molar-refractivity contribution < 1.29 is 0 Å². The molecule has 0 aromatic rings. The average molecular weight is 267 g/mol. The fraction of sp³-hybridized carbons (Fsp3) is 1.00. The minimum Gasteiger partial charge on any atom is -0.313 e. The van der Waals surface area contributed by atoms with Crippen LogP contribution < -0.4 is 5.32 Å². The number of likely N-dealkylation sites (N-methyl/N-ethyl adjacent to an activating group) is 1. The summed E-state index contributed by atoms with van der Waals surface area (Å²) in [7, 11) is 0. The summed E-state index contributed by atoms with van der Waals surface area (Å²) in [6.07, 6.45) is 8.22. The van der Waals surface area contributed by atoms with Crippen molar-refractivity contribution in [3.8, 4) is 0 Å². The summed E-state index contributed by atoms with van der Waals surface area (Å²) >= 11 is 0. The lowest BCUT2D eigenvalue weighted by molar-refractivity contribution is 0.170. The maximum atomic E-state index is 3.65. The van der Waals surface area contributed by atoms with E-state index in [2.05, 4.69) is 29.0 Å². The summed E-state index contributed by atoms with van der Waals surface area (Å²) in [6, 6.07) is 1.59. The second-order valence-electron chi connectivity index (χ2n) is 6.31. The predicted octanol–water partition coefficient (Wildman–Crippen LogP) is 2.32. The SMILES string of the molecule is CCCN1CCCC(N(CC)CC2CCCN2)CC1. The summed E-state index contributed by atoms with van der Waals surface area (Å²) in [5.41, 5.74) is 0. The zero-order valence-corrected chi connectivity index (χ0v) is 13.0. The molecule has 2 unspecified atom stereocenters. The van der Waals surface area contributed by atoms with Crippen LogP contribution in [0.25, 0.3) is 0 Å². The Bertz CT molecular complexity index is 238. The molecule has 0 spiro atoms. The first-order chi connectivity index (χ1) is 9.33. The molecule has 0 aromatic heterocycles. The van der Waals surface area contributed by atoms with E-state index in [4.69, 9.17) is 0 Å². The van der Waals surface area contributed by atoms with Crippen molar-refractivity contribution in [1.82, 2.24) is 15.1 Å². The van der Waals surface area contributed by atoms with Gasteiger partial charge in [0, 0.05) is 18.6 Å². The standard InChI is InChI=1S/C16H33N3/c1-3-11-18-12-6-8-16(9-13-18)19(4-2)14-15-7-5-10-17-15/h15-17H,3-14H2,1-2H3. The molecule has 2 rings (SSSR count). The number of hydrogen-bond donors (Lipinski definition) is 1. The van der Waals surface area contributed by atoms with Gasteiger partial charge >= 0.3 is 0 Å². The third kappa shape index (κ3) is 4.73. The van der Waals surface area contributed by atoms with Crippen LogP contribution in [0.2, 0.25) is 0 Å². The van der Waals surface area contributed by atoms with Gasteiger partial charge in [-0.1, -0.05) is 13.8 Å². The molecule has 0 saturated carbocycles. The molecule has 19 heavy (non-hydrogen) atoms. The van der Waals surface area contributed by atoms with Gasteiger partial charge in [-0.15, -0.1) is 0 Å². The van der Waals surface area contributed by atoms with Gasteiger partial charge in [0.15, 0.2) is 0 Å². The number of nitrogens with one attached hydrogen (secondary N) is 1. The molecule has 2 fully saturated rings. The van der Waals surface area contributed by atoms with Gasteiger partial charge < -0.3 is 10.2 Å². The summed E-state index contributed by atoms with van der Waals surface area (Å²) in [6.45, 7) is 12.3. The van der Waals surface area contributed by atoms with E-state index in [1.807, 2.05) is 0 Å². The molecule has 0 aromatic carbocycles. The number of likely N-dealkylation sites (tertiary alicyclic amines) is 1. The fourth-order valence-corrected chi connectivity index (χ4v) is 3.78. The van der Waals surface area contributed by atoms with Crippen LogP contribution in [0.5, 0.6) is 0 Å². The van der Waals surface area contributed by atoms with E-state index in [0.717, 1.165) is 12.1 Å². The topological polar surface area (TPSA) is 18.5 Å². The number of rotatable bonds is 6. The number of nitrogens with zero attached hydrogens (tertiary/aromatic N) is 2. The van der Waals surface area contributed by atoms with Crippen LogP contribution in [-0.2, 0) is 0 Å². The third-order valence-electron chi connectivity index (χ3n) is 4.87. The van der Waals surface area contributed by atoms with Crippen LogP contribution in [0.4, 0.5) is 0 Å². The molecule has 0 bridgehead atoms. The van der Waals surface area contributed by atoms with E-state index >= 15 is 0 Å². The summed E-state index contributed by atoms with van der Waals surface area (Å²) in [5, 5.41) is 3.65. The Balaban J connectivity index is 1.80. The molecule has 2 atom stereocenters. The fourth-order valence-electron chi connectivity index (χ4n) is 3.78. The van der Waals surface area contributed by atoms with E-state index in [0.29, 0.717) is 0 Å². The highest BCUT2D eigenvalue weighted by Crippen LogP contribution is 2.18. The molecule has 3 heteroatoms. The van der Waals surface area contributed by atoms with Crippen LogP contribution in [0, 0.1) is 0 Å². The minimum absolute atomic E-state index is 0.759. The highest BCUT2D eigenvalue weighted by molar-refractivity contribution is 4.83. The van der Waals surface area contributed by atoms with Crippen molar-refractivity contribution >= 4 is 0 Å².